The van der Waals surface area contributed by atoms with Crippen molar-refractivity contribution in [2.75, 3.05) is 26.2 Å². The lowest BCUT2D eigenvalue weighted by atomic mass is 10.2. The van der Waals surface area contributed by atoms with Crippen molar-refractivity contribution in [1.29, 1.82) is 0 Å². The molecule has 2 rings (SSSR count). The van der Waals surface area contributed by atoms with E-state index in [-0.39, 0.29) is 0 Å². The summed E-state index contributed by atoms with van der Waals surface area (Å²) in [4.78, 5) is 13.0. The van der Waals surface area contributed by atoms with Crippen LogP contribution in [0.1, 0.15) is 5.56 Å². The van der Waals surface area contributed by atoms with Gasteiger partial charge in [0.2, 0.25) is 0 Å². The van der Waals surface area contributed by atoms with Gasteiger partial charge in [0.15, 0.2) is 0 Å². The van der Waals surface area contributed by atoms with Gasteiger partial charge in [0.25, 0.3) is 0 Å². The second kappa shape index (κ2) is 6.04. The first-order chi connectivity index (χ1) is 8.40. The molecule has 17 heavy (non-hydrogen) atoms. The Kier molecular flexibility index (Phi) is 4.14. The number of benzene rings is 1. The molecule has 0 aromatic heterocycles. The number of hydrogen-bond donors (Lipinski definition) is 1. The first-order valence-corrected chi connectivity index (χ1v) is 5.84. The summed E-state index contributed by atoms with van der Waals surface area (Å²) in [5.41, 5.74) is 1.73. The number of rotatable bonds is 3. The van der Waals surface area contributed by atoms with Gasteiger partial charge in [-0.05, 0) is 11.6 Å². The van der Waals surface area contributed by atoms with Gasteiger partial charge in [-0.3, -0.25) is 0 Å². The van der Waals surface area contributed by atoms with Crippen LogP contribution in [0.5, 0.6) is 0 Å². The number of hydrogen-bond acceptors (Lipinski definition) is 3. The molecule has 0 saturated carbocycles. The minimum Gasteiger partial charge on any atom is -0.360 e. The fourth-order valence-electron chi connectivity index (χ4n) is 1.85. The number of carbonyl (C=O) groups excluding carboxylic acids is 1. The molecule has 1 N–H and O–H groups in total. The third-order valence-corrected chi connectivity index (χ3v) is 2.80. The van der Waals surface area contributed by atoms with E-state index < -0.39 is 0 Å². The number of nitrogens with zero attached hydrogens (tertiary/aromatic N) is 1. The van der Waals surface area contributed by atoms with Crippen LogP contribution in [0.4, 0.5) is 0 Å². The van der Waals surface area contributed by atoms with E-state index >= 15 is 0 Å². The molecule has 1 saturated heterocycles. The van der Waals surface area contributed by atoms with Crippen molar-refractivity contribution in [3.8, 4) is 0 Å². The quantitative estimate of drug-likeness (QED) is 0.625. The summed E-state index contributed by atoms with van der Waals surface area (Å²) in [7, 11) is 0. The summed E-state index contributed by atoms with van der Waals surface area (Å²) in [5, 5.41) is 3.26. The number of piperazine rings is 1. The van der Waals surface area contributed by atoms with E-state index in [1.54, 1.807) is 0 Å². The zero-order valence-electron chi connectivity index (χ0n) is 9.73. The third-order valence-electron chi connectivity index (χ3n) is 2.80. The van der Waals surface area contributed by atoms with E-state index in [9.17, 15) is 4.79 Å². The summed E-state index contributed by atoms with van der Waals surface area (Å²) in [5.74, 6) is 2.02. The molecular formula is C14H16N2O. The highest BCUT2D eigenvalue weighted by molar-refractivity contribution is 5.62. The highest BCUT2D eigenvalue weighted by Crippen LogP contribution is 2.08. The molecule has 88 valence electrons. The maximum absolute atomic E-state index is 11.0. The summed E-state index contributed by atoms with van der Waals surface area (Å²) in [6, 6.07) is 9.96. The highest BCUT2D eigenvalue weighted by atomic mass is 16.1. The van der Waals surface area contributed by atoms with Crippen molar-refractivity contribution in [3.63, 3.8) is 0 Å². The minimum atomic E-state index is 0.635. The predicted octanol–water partition coefficient (Wildman–Crippen LogP) is 1.32. The Balaban J connectivity index is 2.05. The van der Waals surface area contributed by atoms with Crippen LogP contribution in [0.15, 0.2) is 42.1 Å². The smallest absolute Gasteiger partial charge is 0.150 e. The maximum Gasteiger partial charge on any atom is 0.150 e. The van der Waals surface area contributed by atoms with Crippen molar-refractivity contribution < 1.29 is 4.79 Å². The van der Waals surface area contributed by atoms with Gasteiger partial charge in [-0.25, -0.2) is 4.79 Å². The van der Waals surface area contributed by atoms with E-state index in [0.29, 0.717) is 5.70 Å². The van der Waals surface area contributed by atoms with Gasteiger partial charge in [0, 0.05) is 26.2 Å². The fourth-order valence-corrected chi connectivity index (χ4v) is 1.85. The average Bonchev–Trinajstić information content (AvgIpc) is 2.42. The van der Waals surface area contributed by atoms with Gasteiger partial charge in [-0.2, -0.15) is 0 Å². The molecule has 1 aliphatic rings. The van der Waals surface area contributed by atoms with Crippen LogP contribution >= 0.6 is 0 Å². The first-order valence-electron chi connectivity index (χ1n) is 5.84. The Morgan fingerprint density at radius 3 is 2.59 bits per heavy atom. The molecule has 1 aromatic carbocycles. The molecule has 0 unspecified atom stereocenters. The van der Waals surface area contributed by atoms with E-state index in [4.69, 9.17) is 0 Å². The summed E-state index contributed by atoms with van der Waals surface area (Å²) in [6.45, 7) is 3.57. The van der Waals surface area contributed by atoms with Crippen LogP contribution in [0, 0.1) is 0 Å². The van der Waals surface area contributed by atoms with Crippen LogP contribution in [-0.4, -0.2) is 37.0 Å². The Hall–Kier alpha value is -1.83. The highest BCUT2D eigenvalue weighted by Gasteiger charge is 2.11. The lowest BCUT2D eigenvalue weighted by Gasteiger charge is -2.28. The summed E-state index contributed by atoms with van der Waals surface area (Å²) in [6.07, 6.45) is 3.79. The van der Waals surface area contributed by atoms with Gasteiger partial charge < -0.3 is 10.2 Å². The third kappa shape index (κ3) is 3.31. The topological polar surface area (TPSA) is 32.3 Å². The monoisotopic (exact) mass is 228 g/mol. The Labute approximate surface area is 101 Å². The number of nitrogens with one attached hydrogen (secondary N) is 1. The summed E-state index contributed by atoms with van der Waals surface area (Å²) < 4.78 is 0. The Morgan fingerprint density at radius 2 is 1.94 bits per heavy atom. The molecule has 0 amide bonds. The Bertz CT molecular complexity index is 427. The van der Waals surface area contributed by atoms with Crippen molar-refractivity contribution >= 4 is 12.0 Å². The maximum atomic E-state index is 11.0. The van der Waals surface area contributed by atoms with Gasteiger partial charge in [0.05, 0.1) is 0 Å². The molecule has 1 aliphatic heterocycles. The summed E-state index contributed by atoms with van der Waals surface area (Å²) >= 11 is 0. The van der Waals surface area contributed by atoms with Crippen molar-refractivity contribution in [2.45, 2.75) is 0 Å². The molecule has 1 fully saturated rings. The van der Waals surface area contributed by atoms with Crippen LogP contribution < -0.4 is 5.32 Å². The molecule has 0 radical (unpaired) electrons. The molecule has 3 heteroatoms. The van der Waals surface area contributed by atoms with E-state index in [1.165, 1.54) is 0 Å². The van der Waals surface area contributed by atoms with Crippen molar-refractivity contribution in [2.24, 2.45) is 0 Å². The molecule has 0 atom stereocenters. The van der Waals surface area contributed by atoms with Gasteiger partial charge in [-0.1, -0.05) is 36.4 Å². The largest absolute Gasteiger partial charge is 0.360 e. The van der Waals surface area contributed by atoms with Crippen LogP contribution in [0.3, 0.4) is 0 Å². The molecule has 0 spiro atoms. The normalized spacial score (nSPS) is 15.9. The average molecular weight is 228 g/mol. The van der Waals surface area contributed by atoms with Crippen LogP contribution in [0.25, 0.3) is 6.08 Å². The van der Waals surface area contributed by atoms with Gasteiger partial charge in [-0.15, -0.1) is 0 Å². The molecule has 0 aliphatic carbocycles. The zero-order valence-corrected chi connectivity index (χ0v) is 9.73. The molecule has 0 bridgehead atoms. The van der Waals surface area contributed by atoms with E-state index in [1.807, 2.05) is 48.4 Å². The fraction of sp³-hybridized carbons (Fsp3) is 0.286. The van der Waals surface area contributed by atoms with Gasteiger partial charge >= 0.3 is 0 Å². The molecule has 3 nitrogen and oxygen atoms in total. The number of allylic oxidation sites excluding steroid dienone is 1. The van der Waals surface area contributed by atoms with Crippen molar-refractivity contribution in [3.05, 3.63) is 47.7 Å². The molecule has 1 aromatic rings. The lowest BCUT2D eigenvalue weighted by molar-refractivity contribution is 0.309. The predicted molar refractivity (Wildman–Crippen MR) is 69.1 cm³/mol. The van der Waals surface area contributed by atoms with Crippen LogP contribution in [-0.2, 0) is 4.79 Å². The Morgan fingerprint density at radius 1 is 1.24 bits per heavy atom. The van der Waals surface area contributed by atoms with E-state index in [0.717, 1.165) is 31.7 Å². The molecular weight excluding hydrogens is 212 g/mol. The molecule has 1 heterocycles. The van der Waals surface area contributed by atoms with Crippen molar-refractivity contribution in [1.82, 2.24) is 10.2 Å². The minimum absolute atomic E-state index is 0.635. The standard InChI is InChI=1S/C14H16N2O/c17-12-14(16-10-8-15-9-11-16)7-6-13-4-2-1-3-5-13/h1-7,15H,8-11H2/b7-6+. The second-order valence-corrected chi connectivity index (χ2v) is 3.97. The lowest BCUT2D eigenvalue weighted by Crippen LogP contribution is -2.42. The second-order valence-electron chi connectivity index (χ2n) is 3.97. The SMILES string of the molecule is O=C=C(/C=C/c1ccccc1)N1CCNCC1. The van der Waals surface area contributed by atoms with Gasteiger partial charge in [0.1, 0.15) is 11.6 Å². The van der Waals surface area contributed by atoms with Crippen LogP contribution in [0.2, 0.25) is 0 Å². The van der Waals surface area contributed by atoms with E-state index in [2.05, 4.69) is 10.2 Å². The zero-order chi connectivity index (χ0) is 11.9. The first kappa shape index (κ1) is 11.6.